The Bertz CT molecular complexity index is 1090. The number of amides is 1. The number of hydrogen-bond donors (Lipinski definition) is 1. The zero-order chi connectivity index (χ0) is 25.8. The molecule has 8 heteroatoms. The summed E-state index contributed by atoms with van der Waals surface area (Å²) < 4.78 is 11.4. The highest BCUT2D eigenvalue weighted by Crippen LogP contribution is 2.35. The van der Waals surface area contributed by atoms with E-state index < -0.39 is 16.3 Å². The lowest BCUT2D eigenvalue weighted by Gasteiger charge is -2.28. The molecule has 0 unspecified atom stereocenters. The maximum absolute atomic E-state index is 11.8. The first-order valence-corrected chi connectivity index (χ1v) is 15.5. The fourth-order valence-corrected chi connectivity index (χ4v) is 6.55. The smallest absolute Gasteiger partial charge is 0.224 e. The number of nitrogens with zero attached hydrogens (tertiary/aromatic N) is 3. The molecule has 0 radical (unpaired) electrons. The highest BCUT2D eigenvalue weighted by atomic mass is 32.2. The van der Waals surface area contributed by atoms with Crippen molar-refractivity contribution in [2.24, 2.45) is 5.92 Å². The molecule has 2 aliphatic carbocycles. The van der Waals surface area contributed by atoms with Gasteiger partial charge < -0.3 is 10.2 Å². The summed E-state index contributed by atoms with van der Waals surface area (Å²) in [6, 6.07) is 10.8. The average molecular weight is 527 g/mol. The number of carbonyl (C=O) groups excluding carboxylic acids is 1. The highest BCUT2D eigenvalue weighted by Gasteiger charge is 2.45. The maximum Gasteiger partial charge on any atom is 0.224 e. The second-order valence-electron chi connectivity index (χ2n) is 11.2. The molecule has 0 spiro atoms. The molecule has 5 rings (SSSR count). The summed E-state index contributed by atoms with van der Waals surface area (Å²) in [7, 11) is -0.625. The van der Waals surface area contributed by atoms with Gasteiger partial charge in [-0.1, -0.05) is 52.2 Å². The van der Waals surface area contributed by atoms with Crippen LogP contribution in [0.15, 0.2) is 29.6 Å². The standard InChI is InChI=1S/C17H22N2OS2.C11H16N2O/c1-17(2,3)16-18-15(12-21-16)13-4-6-14(7-5-13)19-8-10-22(20)11-9-19;12-8-11(6-7-11)13-10(14)9-4-2-1-3-5-9/h4-7,12H,8-11H2,1-3H3;9H,1-7H2,(H,13,14). The molecule has 1 aliphatic heterocycles. The lowest BCUT2D eigenvalue weighted by molar-refractivity contribution is -0.126. The summed E-state index contributed by atoms with van der Waals surface area (Å²) >= 11 is 1.73. The van der Waals surface area contributed by atoms with Crippen LogP contribution in [-0.2, 0) is 21.0 Å². The molecule has 1 saturated heterocycles. The van der Waals surface area contributed by atoms with E-state index in [-0.39, 0.29) is 17.2 Å². The van der Waals surface area contributed by atoms with Gasteiger partial charge in [-0.05, 0) is 37.8 Å². The predicted octanol–water partition coefficient (Wildman–Crippen LogP) is 5.42. The summed E-state index contributed by atoms with van der Waals surface area (Å²) in [5.74, 6) is 1.85. The van der Waals surface area contributed by atoms with Gasteiger partial charge in [-0.2, -0.15) is 5.26 Å². The van der Waals surface area contributed by atoms with Crippen molar-refractivity contribution < 1.29 is 9.00 Å². The summed E-state index contributed by atoms with van der Waals surface area (Å²) in [5, 5.41) is 15.0. The highest BCUT2D eigenvalue weighted by molar-refractivity contribution is 7.85. The van der Waals surface area contributed by atoms with Crippen molar-refractivity contribution in [3.8, 4) is 17.3 Å². The fraction of sp³-hybridized carbons (Fsp3) is 0.607. The SMILES string of the molecule is CC(C)(C)c1nc(-c2ccc(N3CCS(=O)CC3)cc2)cs1.N#CC1(NC(=O)C2CCCCC2)CC1. The molecule has 0 bridgehead atoms. The predicted molar refractivity (Wildman–Crippen MR) is 149 cm³/mol. The first-order chi connectivity index (χ1) is 17.2. The van der Waals surface area contributed by atoms with E-state index in [1.165, 1.54) is 17.1 Å². The van der Waals surface area contributed by atoms with Crippen LogP contribution in [0.4, 0.5) is 5.69 Å². The van der Waals surface area contributed by atoms with Gasteiger partial charge in [0, 0.05) is 63.4 Å². The Labute approximate surface area is 222 Å². The van der Waals surface area contributed by atoms with Crippen molar-refractivity contribution in [3.63, 3.8) is 0 Å². The summed E-state index contributed by atoms with van der Waals surface area (Å²) in [5.41, 5.74) is 3.06. The molecule has 3 fully saturated rings. The van der Waals surface area contributed by atoms with E-state index in [1.54, 1.807) is 11.3 Å². The number of hydrogen-bond acceptors (Lipinski definition) is 6. The summed E-state index contributed by atoms with van der Waals surface area (Å²) in [6.07, 6.45) is 7.27. The van der Waals surface area contributed by atoms with Gasteiger partial charge in [0.2, 0.25) is 5.91 Å². The molecule has 2 heterocycles. The van der Waals surface area contributed by atoms with E-state index >= 15 is 0 Å². The normalized spacial score (nSPS) is 20.1. The van der Waals surface area contributed by atoms with E-state index in [9.17, 15) is 9.00 Å². The van der Waals surface area contributed by atoms with Crippen molar-refractivity contribution in [3.05, 3.63) is 34.7 Å². The third-order valence-corrected chi connectivity index (χ3v) is 9.70. The summed E-state index contributed by atoms with van der Waals surface area (Å²) in [4.78, 5) is 18.8. The van der Waals surface area contributed by atoms with Crippen LogP contribution in [0.3, 0.4) is 0 Å². The third-order valence-electron chi connectivity index (χ3n) is 7.15. The largest absolute Gasteiger partial charge is 0.370 e. The van der Waals surface area contributed by atoms with Gasteiger partial charge in [-0.15, -0.1) is 11.3 Å². The number of nitrogens with one attached hydrogen (secondary N) is 1. The molecule has 1 aromatic heterocycles. The summed E-state index contributed by atoms with van der Waals surface area (Å²) in [6.45, 7) is 8.35. The van der Waals surface area contributed by atoms with Crippen LogP contribution in [0.5, 0.6) is 0 Å². The van der Waals surface area contributed by atoms with Crippen LogP contribution in [0.2, 0.25) is 0 Å². The lowest BCUT2D eigenvalue weighted by Crippen LogP contribution is -2.40. The van der Waals surface area contributed by atoms with E-state index in [4.69, 9.17) is 10.2 Å². The zero-order valence-corrected chi connectivity index (χ0v) is 23.3. The molecule has 194 valence electrons. The number of aromatic nitrogens is 1. The fourth-order valence-electron chi connectivity index (χ4n) is 4.58. The quantitative estimate of drug-likeness (QED) is 0.575. The van der Waals surface area contributed by atoms with Crippen molar-refractivity contribution in [2.45, 2.75) is 76.7 Å². The third kappa shape index (κ3) is 6.95. The minimum absolute atomic E-state index is 0.103. The molecule has 1 N–H and O–H groups in total. The van der Waals surface area contributed by atoms with E-state index in [0.29, 0.717) is 0 Å². The Morgan fingerprint density at radius 2 is 1.78 bits per heavy atom. The molecule has 1 amide bonds. The van der Waals surface area contributed by atoms with Crippen molar-refractivity contribution in [1.82, 2.24) is 10.3 Å². The minimum atomic E-state index is -0.625. The molecule has 36 heavy (non-hydrogen) atoms. The van der Waals surface area contributed by atoms with Crippen molar-refractivity contribution in [1.29, 1.82) is 5.26 Å². The maximum atomic E-state index is 11.8. The Morgan fingerprint density at radius 3 is 2.31 bits per heavy atom. The van der Waals surface area contributed by atoms with E-state index in [0.717, 1.165) is 74.4 Å². The van der Waals surface area contributed by atoms with Crippen molar-refractivity contribution >= 4 is 33.7 Å². The molecular weight excluding hydrogens is 488 g/mol. The van der Waals surface area contributed by atoms with Gasteiger partial charge in [-0.3, -0.25) is 9.00 Å². The Hall–Kier alpha value is -2.24. The monoisotopic (exact) mass is 526 g/mol. The lowest BCUT2D eigenvalue weighted by atomic mass is 9.88. The first kappa shape index (κ1) is 26.8. The number of thiazole rings is 1. The molecule has 3 aliphatic rings. The van der Waals surface area contributed by atoms with Gasteiger partial charge >= 0.3 is 0 Å². The van der Waals surface area contributed by atoms with Gasteiger partial charge in [0.1, 0.15) is 5.54 Å². The number of nitriles is 1. The van der Waals surface area contributed by atoms with Gasteiger partial charge in [-0.25, -0.2) is 4.98 Å². The van der Waals surface area contributed by atoms with Crippen molar-refractivity contribution in [2.75, 3.05) is 29.5 Å². The first-order valence-electron chi connectivity index (χ1n) is 13.1. The molecule has 2 saturated carbocycles. The molecule has 6 nitrogen and oxygen atoms in total. The second-order valence-corrected chi connectivity index (χ2v) is 13.7. The Balaban J connectivity index is 0.000000187. The molecular formula is C28H38N4O2S2. The second kappa shape index (κ2) is 11.4. The van der Waals surface area contributed by atoms with Crippen LogP contribution in [0.1, 0.15) is 70.7 Å². The average Bonchev–Trinajstić information content (AvgIpc) is 3.46. The minimum Gasteiger partial charge on any atom is -0.370 e. The number of benzene rings is 1. The topological polar surface area (TPSA) is 86.1 Å². The van der Waals surface area contributed by atoms with Crippen LogP contribution < -0.4 is 10.2 Å². The number of anilines is 1. The van der Waals surface area contributed by atoms with Crippen LogP contribution in [-0.4, -0.2) is 45.2 Å². The number of carbonyl (C=O) groups is 1. The van der Waals surface area contributed by atoms with Gasteiger partial charge in [0.15, 0.2) is 0 Å². The Kier molecular flexibility index (Phi) is 8.52. The number of rotatable bonds is 4. The molecule has 2 aromatic rings. The van der Waals surface area contributed by atoms with Crippen LogP contribution in [0.25, 0.3) is 11.3 Å². The van der Waals surface area contributed by atoms with Gasteiger partial charge in [0.05, 0.1) is 16.8 Å². The van der Waals surface area contributed by atoms with Gasteiger partial charge in [0.25, 0.3) is 0 Å². The van der Waals surface area contributed by atoms with Crippen LogP contribution in [0, 0.1) is 17.2 Å². The zero-order valence-electron chi connectivity index (χ0n) is 21.7. The molecule has 0 atom stereocenters. The molecule has 1 aromatic carbocycles. The van der Waals surface area contributed by atoms with E-state index in [2.05, 4.69) is 66.7 Å². The Morgan fingerprint density at radius 1 is 1.14 bits per heavy atom. The van der Waals surface area contributed by atoms with Crippen LogP contribution >= 0.6 is 11.3 Å². The van der Waals surface area contributed by atoms with E-state index in [1.807, 2.05) is 0 Å².